The van der Waals surface area contributed by atoms with Crippen LogP contribution in [-0.2, 0) is 21.2 Å². The standard InChI is InChI=1S/C28H35F3N4O4S/c1-19-16-22(32-3)17-20(2)24(19)8-15-40(37,38)35-12-10-27(11-13-35)26(36)33-25(34-27)21-6-4-7-23(18-21)39-14-5-9-28(29,30)31/h4,6-7,16-18,32H,5,8-15H2,1-3H3,(H,33,34,36). The van der Waals surface area contributed by atoms with Crippen molar-refractivity contribution in [1.82, 2.24) is 9.62 Å². The maximum Gasteiger partial charge on any atom is 0.389 e. The lowest BCUT2D eigenvalue weighted by molar-refractivity contribution is -0.136. The molecule has 2 aliphatic heterocycles. The van der Waals surface area contributed by atoms with Gasteiger partial charge in [0.15, 0.2) is 0 Å². The van der Waals surface area contributed by atoms with E-state index in [4.69, 9.17) is 4.74 Å². The van der Waals surface area contributed by atoms with Gasteiger partial charge in [-0.2, -0.15) is 13.2 Å². The van der Waals surface area contributed by atoms with Crippen LogP contribution in [0.25, 0.3) is 0 Å². The number of hydrogen-bond acceptors (Lipinski definition) is 6. The van der Waals surface area contributed by atoms with Crippen molar-refractivity contribution in [1.29, 1.82) is 0 Å². The average Bonchev–Trinajstić information content (AvgIpc) is 3.21. The predicted molar refractivity (Wildman–Crippen MR) is 148 cm³/mol. The van der Waals surface area contributed by atoms with Crippen molar-refractivity contribution < 1.29 is 31.1 Å². The van der Waals surface area contributed by atoms with Crippen LogP contribution < -0.4 is 15.4 Å². The summed E-state index contributed by atoms with van der Waals surface area (Å²) in [5.74, 6) is 0.423. The second kappa shape index (κ2) is 11.8. The number of rotatable bonds is 10. The first kappa shape index (κ1) is 29.9. The topological polar surface area (TPSA) is 100 Å². The minimum Gasteiger partial charge on any atom is -0.494 e. The highest BCUT2D eigenvalue weighted by atomic mass is 32.2. The number of aryl methyl sites for hydroxylation is 2. The van der Waals surface area contributed by atoms with Gasteiger partial charge in [-0.25, -0.2) is 12.7 Å². The summed E-state index contributed by atoms with van der Waals surface area (Å²) in [4.78, 5) is 17.7. The number of piperidine rings is 1. The van der Waals surface area contributed by atoms with Crippen molar-refractivity contribution in [2.75, 3.05) is 37.8 Å². The van der Waals surface area contributed by atoms with E-state index < -0.39 is 28.2 Å². The van der Waals surface area contributed by atoms with E-state index >= 15 is 0 Å². The lowest BCUT2D eigenvalue weighted by Gasteiger charge is -2.34. The van der Waals surface area contributed by atoms with Gasteiger partial charge in [0.25, 0.3) is 5.91 Å². The van der Waals surface area contributed by atoms with Crippen molar-refractivity contribution in [2.45, 2.75) is 57.7 Å². The van der Waals surface area contributed by atoms with E-state index in [2.05, 4.69) is 15.6 Å². The normalized spacial score (nSPS) is 17.6. The minimum atomic E-state index is -4.23. The van der Waals surface area contributed by atoms with Crippen LogP contribution in [0.1, 0.15) is 47.9 Å². The van der Waals surface area contributed by atoms with Crippen LogP contribution in [0.15, 0.2) is 41.4 Å². The van der Waals surface area contributed by atoms with Gasteiger partial charge < -0.3 is 15.4 Å². The molecule has 12 heteroatoms. The van der Waals surface area contributed by atoms with Crippen LogP contribution in [0.3, 0.4) is 0 Å². The summed E-state index contributed by atoms with van der Waals surface area (Å²) in [6.45, 7) is 4.24. The first-order valence-corrected chi connectivity index (χ1v) is 14.9. The molecular formula is C28H35F3N4O4S. The summed E-state index contributed by atoms with van der Waals surface area (Å²) in [6, 6.07) is 10.7. The molecule has 1 fully saturated rings. The Hall–Kier alpha value is -3.12. The third-order valence-corrected chi connectivity index (χ3v) is 9.37. The number of aliphatic imine (C=N–C) groups is 1. The summed E-state index contributed by atoms with van der Waals surface area (Å²) >= 11 is 0. The van der Waals surface area contributed by atoms with Gasteiger partial charge in [0.05, 0.1) is 12.4 Å². The Kier molecular flexibility index (Phi) is 8.79. The second-order valence-corrected chi connectivity index (χ2v) is 12.4. The van der Waals surface area contributed by atoms with Crippen LogP contribution in [0, 0.1) is 13.8 Å². The number of amidine groups is 1. The number of nitrogens with zero attached hydrogens (tertiary/aromatic N) is 2. The number of ether oxygens (including phenoxy) is 1. The molecule has 0 saturated carbocycles. The van der Waals surface area contributed by atoms with Gasteiger partial charge in [0, 0.05) is 37.8 Å². The van der Waals surface area contributed by atoms with E-state index in [1.165, 1.54) is 4.31 Å². The zero-order valence-electron chi connectivity index (χ0n) is 22.9. The fourth-order valence-electron chi connectivity index (χ4n) is 5.21. The fourth-order valence-corrected chi connectivity index (χ4v) is 6.67. The van der Waals surface area contributed by atoms with E-state index in [1.807, 2.05) is 33.0 Å². The number of anilines is 1. The molecule has 2 N–H and O–H groups in total. The lowest BCUT2D eigenvalue weighted by Crippen LogP contribution is -2.50. The molecule has 1 saturated heterocycles. The van der Waals surface area contributed by atoms with Gasteiger partial charge in [-0.1, -0.05) is 12.1 Å². The van der Waals surface area contributed by atoms with E-state index in [1.54, 1.807) is 24.3 Å². The van der Waals surface area contributed by atoms with Gasteiger partial charge in [-0.15, -0.1) is 0 Å². The van der Waals surface area contributed by atoms with Crippen LogP contribution in [0.2, 0.25) is 0 Å². The summed E-state index contributed by atoms with van der Waals surface area (Å²) in [5.41, 5.74) is 3.60. The number of halogens is 3. The summed E-state index contributed by atoms with van der Waals surface area (Å²) in [5, 5.41) is 5.91. The molecule has 0 atom stereocenters. The molecule has 0 radical (unpaired) electrons. The Morgan fingerprint density at radius 2 is 1.80 bits per heavy atom. The van der Waals surface area contributed by atoms with Crippen molar-refractivity contribution in [3.05, 3.63) is 58.7 Å². The first-order valence-electron chi connectivity index (χ1n) is 13.3. The van der Waals surface area contributed by atoms with Crippen molar-refractivity contribution in [3.8, 4) is 5.75 Å². The third-order valence-electron chi connectivity index (χ3n) is 7.50. The number of nitrogens with one attached hydrogen (secondary N) is 2. The molecule has 8 nitrogen and oxygen atoms in total. The molecule has 218 valence electrons. The Morgan fingerprint density at radius 3 is 2.42 bits per heavy atom. The number of alkyl halides is 3. The van der Waals surface area contributed by atoms with Crippen molar-refractivity contribution >= 4 is 27.5 Å². The van der Waals surface area contributed by atoms with Crippen LogP contribution in [-0.4, -0.2) is 68.7 Å². The lowest BCUT2D eigenvalue weighted by atomic mass is 9.89. The maximum absolute atomic E-state index is 13.2. The highest BCUT2D eigenvalue weighted by Crippen LogP contribution is 2.33. The number of benzene rings is 2. The molecule has 0 unspecified atom stereocenters. The second-order valence-electron chi connectivity index (χ2n) is 10.3. The predicted octanol–water partition coefficient (Wildman–Crippen LogP) is 4.35. The largest absolute Gasteiger partial charge is 0.494 e. The molecule has 0 aromatic heterocycles. The summed E-state index contributed by atoms with van der Waals surface area (Å²) in [7, 11) is -1.69. The average molecular weight is 581 g/mol. The molecule has 40 heavy (non-hydrogen) atoms. The Balaban J connectivity index is 1.37. The van der Waals surface area contributed by atoms with Gasteiger partial charge in [0.1, 0.15) is 17.1 Å². The van der Waals surface area contributed by atoms with E-state index in [0.29, 0.717) is 23.6 Å². The zero-order chi connectivity index (χ0) is 29.1. The monoisotopic (exact) mass is 580 g/mol. The summed E-state index contributed by atoms with van der Waals surface area (Å²) < 4.78 is 70.3. The molecular weight excluding hydrogens is 545 g/mol. The molecule has 1 spiro atoms. The number of sulfonamides is 1. The maximum atomic E-state index is 13.2. The molecule has 2 aromatic rings. The third kappa shape index (κ3) is 6.95. The van der Waals surface area contributed by atoms with Crippen LogP contribution in [0.4, 0.5) is 18.9 Å². The molecule has 0 aliphatic carbocycles. The Morgan fingerprint density at radius 1 is 1.12 bits per heavy atom. The van der Waals surface area contributed by atoms with Gasteiger partial charge in [-0.3, -0.25) is 9.79 Å². The Bertz CT molecular complexity index is 1360. The number of amides is 1. The number of carbonyl (C=O) groups excluding carboxylic acids is 1. The van der Waals surface area contributed by atoms with E-state index in [0.717, 1.165) is 22.4 Å². The molecule has 2 aliphatic rings. The van der Waals surface area contributed by atoms with Crippen LogP contribution >= 0.6 is 0 Å². The molecule has 0 bridgehead atoms. The highest BCUT2D eigenvalue weighted by Gasteiger charge is 2.47. The highest BCUT2D eigenvalue weighted by molar-refractivity contribution is 7.89. The van der Waals surface area contributed by atoms with Gasteiger partial charge in [-0.05, 0) is 80.5 Å². The van der Waals surface area contributed by atoms with E-state index in [-0.39, 0.29) is 50.6 Å². The van der Waals surface area contributed by atoms with E-state index in [9.17, 15) is 26.4 Å². The molecule has 1 amide bonds. The molecule has 2 heterocycles. The summed E-state index contributed by atoms with van der Waals surface area (Å²) in [6.07, 6.45) is -4.39. The van der Waals surface area contributed by atoms with Crippen molar-refractivity contribution in [2.24, 2.45) is 4.99 Å². The molecule has 4 rings (SSSR count). The smallest absolute Gasteiger partial charge is 0.389 e. The minimum absolute atomic E-state index is 0.0168. The van der Waals surface area contributed by atoms with Gasteiger partial charge in [0.2, 0.25) is 10.0 Å². The van der Waals surface area contributed by atoms with Gasteiger partial charge >= 0.3 is 6.18 Å². The Labute approximate surface area is 233 Å². The quantitative estimate of drug-likeness (QED) is 0.407. The van der Waals surface area contributed by atoms with Crippen molar-refractivity contribution in [3.63, 3.8) is 0 Å². The number of hydrogen-bond donors (Lipinski definition) is 2. The fraction of sp³-hybridized carbons (Fsp3) is 0.500. The molecule has 2 aromatic carbocycles. The SMILES string of the molecule is CNc1cc(C)c(CCS(=O)(=O)N2CCC3(CC2)N=C(c2cccc(OCCCC(F)(F)F)c2)NC3=O)c(C)c1. The van der Waals surface area contributed by atoms with Crippen LogP contribution in [0.5, 0.6) is 5.75 Å². The zero-order valence-corrected chi connectivity index (χ0v) is 23.7. The number of carbonyl (C=O) groups is 1. The first-order chi connectivity index (χ1) is 18.8.